The van der Waals surface area contributed by atoms with Gasteiger partial charge in [-0.05, 0) is 30.9 Å². The molecule has 0 aliphatic carbocycles. The van der Waals surface area contributed by atoms with Crippen LogP contribution in [0.3, 0.4) is 0 Å². The number of aliphatic hydroxyl groups excluding tert-OH is 1. The van der Waals surface area contributed by atoms with Crippen molar-refractivity contribution in [2.75, 3.05) is 24.6 Å². The third-order valence-electron chi connectivity index (χ3n) is 3.37. The highest BCUT2D eigenvalue weighted by Gasteiger charge is 2.35. The van der Waals surface area contributed by atoms with E-state index in [0.717, 1.165) is 12.5 Å². The van der Waals surface area contributed by atoms with E-state index >= 15 is 0 Å². The van der Waals surface area contributed by atoms with Crippen LogP contribution in [0.25, 0.3) is 0 Å². The average Bonchev–Trinajstić information content (AvgIpc) is 2.77. The molecule has 1 fully saturated rings. The monoisotopic (exact) mass is 259 g/mol. The number of benzene rings is 1. The van der Waals surface area contributed by atoms with Gasteiger partial charge >= 0.3 is 6.18 Å². The third-order valence-corrected chi connectivity index (χ3v) is 3.37. The average molecular weight is 259 g/mol. The Kier molecular flexibility index (Phi) is 3.80. The molecular weight excluding hydrogens is 243 g/mol. The van der Waals surface area contributed by atoms with Crippen molar-refractivity contribution in [2.24, 2.45) is 5.92 Å². The maximum Gasteiger partial charge on any atom is 0.418 e. The molecule has 1 aliphatic heterocycles. The molecule has 1 saturated heterocycles. The minimum absolute atomic E-state index is 0.0967. The molecule has 0 amide bonds. The number of halogens is 3. The van der Waals surface area contributed by atoms with Crippen molar-refractivity contribution in [1.29, 1.82) is 0 Å². The molecule has 0 radical (unpaired) electrons. The zero-order valence-corrected chi connectivity index (χ0v) is 9.95. The summed E-state index contributed by atoms with van der Waals surface area (Å²) in [6, 6.07) is 5.68. The quantitative estimate of drug-likeness (QED) is 0.902. The molecule has 1 heterocycles. The second-order valence-corrected chi connectivity index (χ2v) is 4.63. The third kappa shape index (κ3) is 2.77. The number of hydrogen-bond donors (Lipinski definition) is 1. The van der Waals surface area contributed by atoms with Crippen molar-refractivity contribution < 1.29 is 18.3 Å². The smallest absolute Gasteiger partial charge is 0.396 e. The number of aliphatic hydroxyl groups is 1. The van der Waals surface area contributed by atoms with Crippen molar-refractivity contribution in [3.63, 3.8) is 0 Å². The van der Waals surface area contributed by atoms with Gasteiger partial charge in [-0.2, -0.15) is 13.2 Å². The van der Waals surface area contributed by atoms with E-state index < -0.39 is 11.7 Å². The fraction of sp³-hybridized carbons (Fsp3) is 0.538. The summed E-state index contributed by atoms with van der Waals surface area (Å²) in [6.07, 6.45) is -2.82. The van der Waals surface area contributed by atoms with Crippen LogP contribution in [0.1, 0.15) is 18.4 Å². The maximum atomic E-state index is 12.9. The van der Waals surface area contributed by atoms with Gasteiger partial charge in [0.05, 0.1) is 5.56 Å². The predicted molar refractivity (Wildman–Crippen MR) is 63.5 cm³/mol. The second kappa shape index (κ2) is 5.18. The highest BCUT2D eigenvalue weighted by molar-refractivity contribution is 5.55. The second-order valence-electron chi connectivity index (χ2n) is 4.63. The van der Waals surface area contributed by atoms with Crippen LogP contribution < -0.4 is 4.90 Å². The fourth-order valence-electron chi connectivity index (χ4n) is 2.46. The van der Waals surface area contributed by atoms with Gasteiger partial charge in [0.2, 0.25) is 0 Å². The SMILES string of the molecule is OCCC1CCN(c2ccccc2C(F)(F)F)C1. The minimum Gasteiger partial charge on any atom is -0.396 e. The maximum absolute atomic E-state index is 12.9. The zero-order chi connectivity index (χ0) is 13.2. The summed E-state index contributed by atoms with van der Waals surface area (Å²) >= 11 is 0. The fourth-order valence-corrected chi connectivity index (χ4v) is 2.46. The Labute approximate surface area is 104 Å². The molecule has 18 heavy (non-hydrogen) atoms. The summed E-state index contributed by atoms with van der Waals surface area (Å²) < 4.78 is 38.6. The normalized spacial score (nSPS) is 20.4. The summed E-state index contributed by atoms with van der Waals surface area (Å²) in [5.41, 5.74) is -0.319. The summed E-state index contributed by atoms with van der Waals surface area (Å²) in [5.74, 6) is 0.288. The number of para-hydroxylation sites is 1. The van der Waals surface area contributed by atoms with Gasteiger partial charge in [0.1, 0.15) is 0 Å². The van der Waals surface area contributed by atoms with Crippen LogP contribution in [0.15, 0.2) is 24.3 Å². The lowest BCUT2D eigenvalue weighted by atomic mass is 10.1. The van der Waals surface area contributed by atoms with Gasteiger partial charge < -0.3 is 10.0 Å². The van der Waals surface area contributed by atoms with Crippen molar-refractivity contribution in [3.8, 4) is 0 Å². The highest BCUT2D eigenvalue weighted by Crippen LogP contribution is 2.38. The van der Waals surface area contributed by atoms with E-state index in [-0.39, 0.29) is 18.2 Å². The molecule has 0 bridgehead atoms. The van der Waals surface area contributed by atoms with Crippen molar-refractivity contribution in [3.05, 3.63) is 29.8 Å². The molecule has 0 aromatic heterocycles. The predicted octanol–water partition coefficient (Wildman–Crippen LogP) is 2.91. The lowest BCUT2D eigenvalue weighted by molar-refractivity contribution is -0.137. The minimum atomic E-state index is -4.31. The Morgan fingerprint density at radius 3 is 2.67 bits per heavy atom. The van der Waals surface area contributed by atoms with Gasteiger partial charge in [-0.15, -0.1) is 0 Å². The molecule has 1 unspecified atom stereocenters. The number of anilines is 1. The van der Waals surface area contributed by atoms with Gasteiger partial charge in [-0.1, -0.05) is 12.1 Å². The zero-order valence-electron chi connectivity index (χ0n) is 9.95. The molecule has 100 valence electrons. The summed E-state index contributed by atoms with van der Waals surface area (Å²) in [7, 11) is 0. The number of nitrogens with zero attached hydrogens (tertiary/aromatic N) is 1. The van der Waals surface area contributed by atoms with Crippen LogP contribution in [0.2, 0.25) is 0 Å². The lowest BCUT2D eigenvalue weighted by Gasteiger charge is -2.23. The molecule has 2 nitrogen and oxygen atoms in total. The number of hydrogen-bond acceptors (Lipinski definition) is 2. The lowest BCUT2D eigenvalue weighted by Crippen LogP contribution is -2.23. The Hall–Kier alpha value is -1.23. The van der Waals surface area contributed by atoms with Gasteiger partial charge in [0.25, 0.3) is 0 Å². The Morgan fingerprint density at radius 2 is 2.00 bits per heavy atom. The van der Waals surface area contributed by atoms with Crippen LogP contribution >= 0.6 is 0 Å². The summed E-state index contributed by atoms with van der Waals surface area (Å²) in [6.45, 7) is 1.31. The van der Waals surface area contributed by atoms with E-state index in [1.807, 2.05) is 0 Å². The van der Waals surface area contributed by atoms with Gasteiger partial charge in [0.15, 0.2) is 0 Å². The van der Waals surface area contributed by atoms with E-state index in [4.69, 9.17) is 5.11 Å². The first kappa shape index (κ1) is 13.2. The first-order valence-corrected chi connectivity index (χ1v) is 6.04. The standard InChI is InChI=1S/C13H16F3NO/c14-13(15,16)11-3-1-2-4-12(11)17-7-5-10(9-17)6-8-18/h1-4,10,18H,5-9H2. The molecule has 1 aromatic rings. The number of rotatable bonds is 3. The first-order valence-electron chi connectivity index (χ1n) is 6.04. The molecule has 1 aromatic carbocycles. The molecule has 0 spiro atoms. The first-order chi connectivity index (χ1) is 8.52. The topological polar surface area (TPSA) is 23.5 Å². The number of alkyl halides is 3. The van der Waals surface area contributed by atoms with Crippen molar-refractivity contribution in [1.82, 2.24) is 0 Å². The molecule has 2 rings (SSSR count). The van der Waals surface area contributed by atoms with Gasteiger partial charge in [0, 0.05) is 25.4 Å². The van der Waals surface area contributed by atoms with E-state index in [0.29, 0.717) is 19.5 Å². The van der Waals surface area contributed by atoms with Crippen molar-refractivity contribution >= 4 is 5.69 Å². The van der Waals surface area contributed by atoms with E-state index in [1.54, 1.807) is 11.0 Å². The molecular formula is C13H16F3NO. The van der Waals surface area contributed by atoms with Crippen LogP contribution in [0, 0.1) is 5.92 Å². The van der Waals surface area contributed by atoms with Gasteiger partial charge in [-0.25, -0.2) is 0 Å². The van der Waals surface area contributed by atoms with Crippen LogP contribution in [-0.2, 0) is 6.18 Å². The molecule has 1 atom stereocenters. The van der Waals surface area contributed by atoms with E-state index in [2.05, 4.69) is 0 Å². The Bertz CT molecular complexity index is 405. The Balaban J connectivity index is 2.19. The highest BCUT2D eigenvalue weighted by atomic mass is 19.4. The molecule has 0 saturated carbocycles. The molecule has 5 heteroatoms. The summed E-state index contributed by atoms with van der Waals surface area (Å²) in [5, 5.41) is 8.87. The van der Waals surface area contributed by atoms with Crippen LogP contribution in [0.5, 0.6) is 0 Å². The molecule has 1 N–H and O–H groups in total. The largest absolute Gasteiger partial charge is 0.418 e. The van der Waals surface area contributed by atoms with Gasteiger partial charge in [-0.3, -0.25) is 0 Å². The van der Waals surface area contributed by atoms with E-state index in [1.165, 1.54) is 12.1 Å². The van der Waals surface area contributed by atoms with Crippen molar-refractivity contribution in [2.45, 2.75) is 19.0 Å². The van der Waals surface area contributed by atoms with Crippen LogP contribution in [0.4, 0.5) is 18.9 Å². The van der Waals surface area contributed by atoms with E-state index in [9.17, 15) is 13.2 Å². The Morgan fingerprint density at radius 1 is 1.28 bits per heavy atom. The van der Waals surface area contributed by atoms with Crippen LogP contribution in [-0.4, -0.2) is 24.8 Å². The summed E-state index contributed by atoms with van der Waals surface area (Å²) in [4.78, 5) is 1.77. The molecule has 1 aliphatic rings.